The van der Waals surface area contributed by atoms with E-state index >= 15 is 0 Å². The van der Waals surface area contributed by atoms with E-state index in [-0.39, 0.29) is 0 Å². The SMILES string of the molecule is CCCNc1cncc(N(CC)C2CC2)n1. The molecule has 0 spiro atoms. The van der Waals surface area contributed by atoms with E-state index in [1.807, 2.05) is 6.20 Å². The van der Waals surface area contributed by atoms with E-state index in [9.17, 15) is 0 Å². The molecule has 1 aliphatic rings. The molecule has 1 aromatic rings. The number of aromatic nitrogens is 2. The highest BCUT2D eigenvalue weighted by Gasteiger charge is 2.29. The van der Waals surface area contributed by atoms with Crippen molar-refractivity contribution < 1.29 is 0 Å². The van der Waals surface area contributed by atoms with Crippen molar-refractivity contribution in [1.82, 2.24) is 9.97 Å². The van der Waals surface area contributed by atoms with Gasteiger partial charge in [-0.3, -0.25) is 4.98 Å². The van der Waals surface area contributed by atoms with Gasteiger partial charge >= 0.3 is 0 Å². The van der Waals surface area contributed by atoms with Crippen LogP contribution in [0.15, 0.2) is 12.4 Å². The summed E-state index contributed by atoms with van der Waals surface area (Å²) in [5.74, 6) is 1.89. The third kappa shape index (κ3) is 2.62. The molecule has 16 heavy (non-hydrogen) atoms. The van der Waals surface area contributed by atoms with E-state index < -0.39 is 0 Å². The number of rotatable bonds is 6. The zero-order valence-electron chi connectivity index (χ0n) is 10.1. The van der Waals surface area contributed by atoms with Crippen LogP contribution in [0.2, 0.25) is 0 Å². The smallest absolute Gasteiger partial charge is 0.149 e. The summed E-state index contributed by atoms with van der Waals surface area (Å²) in [6, 6.07) is 0.695. The number of hydrogen-bond acceptors (Lipinski definition) is 4. The Balaban J connectivity index is 2.07. The lowest BCUT2D eigenvalue weighted by atomic mass is 10.4. The predicted molar refractivity (Wildman–Crippen MR) is 66.9 cm³/mol. The van der Waals surface area contributed by atoms with Crippen LogP contribution in [-0.2, 0) is 0 Å². The Hall–Kier alpha value is -1.32. The van der Waals surface area contributed by atoms with E-state index in [0.29, 0.717) is 6.04 Å². The number of nitrogens with one attached hydrogen (secondary N) is 1. The van der Waals surface area contributed by atoms with Crippen molar-refractivity contribution in [2.45, 2.75) is 39.2 Å². The van der Waals surface area contributed by atoms with E-state index in [0.717, 1.165) is 31.1 Å². The van der Waals surface area contributed by atoms with Crippen LogP contribution in [0.5, 0.6) is 0 Å². The Morgan fingerprint density at radius 3 is 2.81 bits per heavy atom. The summed E-state index contributed by atoms with van der Waals surface area (Å²) in [6.45, 7) is 6.28. The average molecular weight is 220 g/mol. The van der Waals surface area contributed by atoms with Crippen LogP contribution in [-0.4, -0.2) is 29.1 Å². The van der Waals surface area contributed by atoms with E-state index in [1.165, 1.54) is 12.8 Å². The van der Waals surface area contributed by atoms with Crippen LogP contribution in [0.3, 0.4) is 0 Å². The molecule has 0 bridgehead atoms. The van der Waals surface area contributed by atoms with Gasteiger partial charge < -0.3 is 10.2 Å². The van der Waals surface area contributed by atoms with Crippen molar-refractivity contribution in [3.63, 3.8) is 0 Å². The molecule has 1 aliphatic carbocycles. The molecule has 4 nitrogen and oxygen atoms in total. The zero-order chi connectivity index (χ0) is 11.4. The van der Waals surface area contributed by atoms with Crippen LogP contribution < -0.4 is 10.2 Å². The average Bonchev–Trinajstić information content (AvgIpc) is 3.12. The number of hydrogen-bond donors (Lipinski definition) is 1. The van der Waals surface area contributed by atoms with Crippen molar-refractivity contribution in [2.75, 3.05) is 23.3 Å². The monoisotopic (exact) mass is 220 g/mol. The first-order chi connectivity index (χ1) is 7.85. The first-order valence-electron chi connectivity index (χ1n) is 6.17. The summed E-state index contributed by atoms with van der Waals surface area (Å²) in [5, 5.41) is 3.27. The molecule has 4 heteroatoms. The second kappa shape index (κ2) is 5.14. The minimum absolute atomic E-state index is 0.695. The van der Waals surface area contributed by atoms with Gasteiger partial charge in [0.2, 0.25) is 0 Å². The van der Waals surface area contributed by atoms with Gasteiger partial charge in [0.15, 0.2) is 0 Å². The quantitative estimate of drug-likeness (QED) is 0.798. The molecule has 88 valence electrons. The van der Waals surface area contributed by atoms with Crippen molar-refractivity contribution in [2.24, 2.45) is 0 Å². The maximum Gasteiger partial charge on any atom is 0.149 e. The molecule has 0 radical (unpaired) electrons. The minimum Gasteiger partial charge on any atom is -0.369 e. The van der Waals surface area contributed by atoms with Crippen LogP contribution in [0.1, 0.15) is 33.1 Å². The van der Waals surface area contributed by atoms with Gasteiger partial charge in [0, 0.05) is 19.1 Å². The third-order valence-corrected chi connectivity index (χ3v) is 2.80. The second-order valence-electron chi connectivity index (χ2n) is 4.21. The van der Waals surface area contributed by atoms with E-state index in [1.54, 1.807) is 6.20 Å². The highest BCUT2D eigenvalue weighted by Crippen LogP contribution is 2.30. The lowest BCUT2D eigenvalue weighted by Crippen LogP contribution is -2.26. The van der Waals surface area contributed by atoms with Gasteiger partial charge in [-0.1, -0.05) is 6.92 Å². The van der Waals surface area contributed by atoms with Gasteiger partial charge in [-0.15, -0.1) is 0 Å². The lowest BCUT2D eigenvalue weighted by molar-refractivity contribution is 0.803. The summed E-state index contributed by atoms with van der Waals surface area (Å²) < 4.78 is 0. The van der Waals surface area contributed by atoms with Gasteiger partial charge in [0.25, 0.3) is 0 Å². The van der Waals surface area contributed by atoms with E-state index in [4.69, 9.17) is 0 Å². The molecule has 0 saturated heterocycles. The summed E-state index contributed by atoms with van der Waals surface area (Å²) in [4.78, 5) is 11.2. The number of nitrogens with zero attached hydrogens (tertiary/aromatic N) is 3. The Bertz CT molecular complexity index is 336. The van der Waals surface area contributed by atoms with Gasteiger partial charge in [0.05, 0.1) is 12.4 Å². The Morgan fingerprint density at radius 1 is 1.38 bits per heavy atom. The maximum absolute atomic E-state index is 4.60. The van der Waals surface area contributed by atoms with Gasteiger partial charge in [-0.25, -0.2) is 4.98 Å². The molecule has 0 atom stereocenters. The summed E-state index contributed by atoms with van der Waals surface area (Å²) >= 11 is 0. The summed E-state index contributed by atoms with van der Waals surface area (Å²) in [7, 11) is 0. The van der Waals surface area contributed by atoms with Crippen LogP contribution in [0.4, 0.5) is 11.6 Å². The molecule has 0 amide bonds. The molecule has 0 aromatic carbocycles. The topological polar surface area (TPSA) is 41.1 Å². The zero-order valence-corrected chi connectivity index (χ0v) is 10.1. The fraction of sp³-hybridized carbons (Fsp3) is 0.667. The second-order valence-corrected chi connectivity index (χ2v) is 4.21. The van der Waals surface area contributed by atoms with Crippen LogP contribution in [0.25, 0.3) is 0 Å². The minimum atomic E-state index is 0.695. The Kier molecular flexibility index (Phi) is 3.59. The van der Waals surface area contributed by atoms with Gasteiger partial charge in [-0.2, -0.15) is 0 Å². The highest BCUT2D eigenvalue weighted by molar-refractivity contribution is 5.45. The Morgan fingerprint density at radius 2 is 2.19 bits per heavy atom. The fourth-order valence-electron chi connectivity index (χ4n) is 1.83. The van der Waals surface area contributed by atoms with Crippen LogP contribution >= 0.6 is 0 Å². The summed E-state index contributed by atoms with van der Waals surface area (Å²) in [5.41, 5.74) is 0. The van der Waals surface area contributed by atoms with E-state index in [2.05, 4.69) is 34.0 Å². The molecular weight excluding hydrogens is 200 g/mol. The van der Waals surface area contributed by atoms with Crippen molar-refractivity contribution in [3.8, 4) is 0 Å². The molecule has 1 aromatic heterocycles. The Labute approximate surface area is 97.1 Å². The van der Waals surface area contributed by atoms with Crippen molar-refractivity contribution >= 4 is 11.6 Å². The first-order valence-corrected chi connectivity index (χ1v) is 6.17. The first kappa shape index (κ1) is 11.2. The fourth-order valence-corrected chi connectivity index (χ4v) is 1.83. The lowest BCUT2D eigenvalue weighted by Gasteiger charge is -2.21. The van der Waals surface area contributed by atoms with Crippen LogP contribution in [0, 0.1) is 0 Å². The maximum atomic E-state index is 4.60. The standard InChI is InChI=1S/C12H20N4/c1-3-7-14-11-8-13-9-12(15-11)16(4-2)10-5-6-10/h8-10H,3-7H2,1-2H3,(H,14,15). The number of anilines is 2. The predicted octanol–water partition coefficient (Wildman–Crippen LogP) is 2.29. The van der Waals surface area contributed by atoms with Crippen molar-refractivity contribution in [1.29, 1.82) is 0 Å². The van der Waals surface area contributed by atoms with Crippen molar-refractivity contribution in [3.05, 3.63) is 12.4 Å². The molecule has 1 N–H and O–H groups in total. The molecule has 1 fully saturated rings. The molecule has 1 saturated carbocycles. The molecule has 1 heterocycles. The van der Waals surface area contributed by atoms with Gasteiger partial charge in [-0.05, 0) is 26.2 Å². The largest absolute Gasteiger partial charge is 0.369 e. The molecular formula is C12H20N4. The highest BCUT2D eigenvalue weighted by atomic mass is 15.2. The normalized spacial score (nSPS) is 14.9. The molecule has 0 aliphatic heterocycles. The summed E-state index contributed by atoms with van der Waals surface area (Å²) in [6.07, 6.45) is 7.34. The molecule has 0 unspecified atom stereocenters. The van der Waals surface area contributed by atoms with Gasteiger partial charge in [0.1, 0.15) is 11.6 Å². The third-order valence-electron chi connectivity index (χ3n) is 2.80. The molecule has 2 rings (SSSR count).